The number of rotatable bonds is 8. The highest BCUT2D eigenvalue weighted by Gasteiger charge is 2.09. The first-order valence-electron chi connectivity index (χ1n) is 6.66. The van der Waals surface area contributed by atoms with Crippen LogP contribution in [-0.4, -0.2) is 12.6 Å². The number of hydrogen-bond acceptors (Lipinski definition) is 3. The third-order valence-electron chi connectivity index (χ3n) is 3.08. The Hall–Kier alpha value is -0.640. The van der Waals surface area contributed by atoms with Gasteiger partial charge < -0.3 is 5.32 Å². The fourth-order valence-electron chi connectivity index (χ4n) is 2.21. The lowest BCUT2D eigenvalue weighted by Gasteiger charge is -2.16. The van der Waals surface area contributed by atoms with Crippen molar-refractivity contribution in [3.8, 4) is 0 Å². The van der Waals surface area contributed by atoms with Crippen LogP contribution in [0, 0.1) is 0 Å². The standard InChI is InChI=1S/C15H21NS2/c1-2-16-13(12-15-9-5-11-18-15)6-3-7-14-8-4-10-17-14/h4-5,8-11,13,16H,2-3,6-7,12H2,1H3. The third kappa shape index (κ3) is 4.56. The van der Waals surface area contributed by atoms with Gasteiger partial charge in [-0.25, -0.2) is 0 Å². The van der Waals surface area contributed by atoms with Crippen LogP contribution >= 0.6 is 22.7 Å². The SMILES string of the molecule is CCNC(CCCc1cccs1)Cc1cccs1. The molecular formula is C15H21NS2. The summed E-state index contributed by atoms with van der Waals surface area (Å²) in [6.45, 7) is 3.26. The Morgan fingerprint density at radius 3 is 2.44 bits per heavy atom. The highest BCUT2D eigenvalue weighted by molar-refractivity contribution is 7.10. The Kier molecular flexibility index (Phi) is 5.91. The number of hydrogen-bond donors (Lipinski definition) is 1. The first kappa shape index (κ1) is 13.8. The van der Waals surface area contributed by atoms with Crippen molar-refractivity contribution in [2.45, 2.75) is 38.6 Å². The molecule has 1 N–H and O–H groups in total. The maximum absolute atomic E-state index is 3.61. The number of aryl methyl sites for hydroxylation is 1. The Morgan fingerprint density at radius 1 is 1.11 bits per heavy atom. The summed E-state index contributed by atoms with van der Waals surface area (Å²) in [5.74, 6) is 0. The zero-order valence-corrected chi connectivity index (χ0v) is 12.5. The Labute approximate surface area is 118 Å². The largest absolute Gasteiger partial charge is 0.314 e. The van der Waals surface area contributed by atoms with Crippen molar-refractivity contribution in [3.63, 3.8) is 0 Å². The van der Waals surface area contributed by atoms with E-state index in [1.165, 1.54) is 35.4 Å². The Morgan fingerprint density at radius 2 is 1.83 bits per heavy atom. The summed E-state index contributed by atoms with van der Waals surface area (Å²) in [6.07, 6.45) is 4.95. The van der Waals surface area contributed by atoms with Crippen LogP contribution in [0.15, 0.2) is 35.0 Å². The van der Waals surface area contributed by atoms with Gasteiger partial charge in [-0.15, -0.1) is 22.7 Å². The van der Waals surface area contributed by atoms with Crippen LogP contribution in [0.2, 0.25) is 0 Å². The van der Waals surface area contributed by atoms with Crippen molar-refractivity contribution in [2.75, 3.05) is 6.54 Å². The van der Waals surface area contributed by atoms with Gasteiger partial charge in [-0.3, -0.25) is 0 Å². The molecule has 2 aromatic heterocycles. The molecule has 2 rings (SSSR count). The monoisotopic (exact) mass is 279 g/mol. The molecule has 1 nitrogen and oxygen atoms in total. The van der Waals surface area contributed by atoms with Crippen molar-refractivity contribution < 1.29 is 0 Å². The summed E-state index contributed by atoms with van der Waals surface area (Å²) in [6, 6.07) is 9.41. The molecule has 3 heteroatoms. The molecule has 0 saturated carbocycles. The second-order valence-corrected chi connectivity index (χ2v) is 6.57. The van der Waals surface area contributed by atoms with Crippen LogP contribution in [0.5, 0.6) is 0 Å². The summed E-state index contributed by atoms with van der Waals surface area (Å²) in [5.41, 5.74) is 0. The second-order valence-electron chi connectivity index (χ2n) is 4.51. The topological polar surface area (TPSA) is 12.0 Å². The van der Waals surface area contributed by atoms with Crippen molar-refractivity contribution in [1.82, 2.24) is 5.32 Å². The number of nitrogens with one attached hydrogen (secondary N) is 1. The highest BCUT2D eigenvalue weighted by atomic mass is 32.1. The van der Waals surface area contributed by atoms with E-state index in [0.717, 1.165) is 6.54 Å². The van der Waals surface area contributed by atoms with E-state index in [-0.39, 0.29) is 0 Å². The lowest BCUT2D eigenvalue weighted by molar-refractivity contribution is 0.479. The molecule has 2 aromatic rings. The first-order chi connectivity index (χ1) is 8.88. The fourth-order valence-corrected chi connectivity index (χ4v) is 3.75. The maximum atomic E-state index is 3.61. The zero-order chi connectivity index (χ0) is 12.6. The molecular weight excluding hydrogens is 258 g/mol. The van der Waals surface area contributed by atoms with E-state index in [1.54, 1.807) is 0 Å². The van der Waals surface area contributed by atoms with Gasteiger partial charge in [-0.1, -0.05) is 19.1 Å². The van der Waals surface area contributed by atoms with E-state index < -0.39 is 0 Å². The van der Waals surface area contributed by atoms with Crippen molar-refractivity contribution in [1.29, 1.82) is 0 Å². The van der Waals surface area contributed by atoms with Gasteiger partial charge in [0.1, 0.15) is 0 Å². The predicted molar refractivity (Wildman–Crippen MR) is 82.7 cm³/mol. The van der Waals surface area contributed by atoms with Gasteiger partial charge in [0.2, 0.25) is 0 Å². The number of likely N-dealkylation sites (N-methyl/N-ethyl adjacent to an activating group) is 1. The Bertz CT molecular complexity index is 406. The molecule has 0 radical (unpaired) electrons. The minimum absolute atomic E-state index is 0.633. The smallest absolute Gasteiger partial charge is 0.0115 e. The van der Waals surface area contributed by atoms with E-state index >= 15 is 0 Å². The molecule has 0 fully saturated rings. The first-order valence-corrected chi connectivity index (χ1v) is 8.42. The molecule has 18 heavy (non-hydrogen) atoms. The normalized spacial score (nSPS) is 12.7. The van der Waals surface area contributed by atoms with Crippen molar-refractivity contribution in [3.05, 3.63) is 44.8 Å². The van der Waals surface area contributed by atoms with Gasteiger partial charge in [0.15, 0.2) is 0 Å². The fraction of sp³-hybridized carbons (Fsp3) is 0.467. The molecule has 0 saturated heterocycles. The summed E-state index contributed by atoms with van der Waals surface area (Å²) >= 11 is 3.75. The second kappa shape index (κ2) is 7.72. The molecule has 0 aromatic carbocycles. The Balaban J connectivity index is 1.75. The quantitative estimate of drug-likeness (QED) is 0.757. The van der Waals surface area contributed by atoms with E-state index in [1.807, 2.05) is 22.7 Å². The van der Waals surface area contributed by atoms with Crippen LogP contribution in [0.25, 0.3) is 0 Å². The third-order valence-corrected chi connectivity index (χ3v) is 4.91. The zero-order valence-electron chi connectivity index (χ0n) is 10.9. The van der Waals surface area contributed by atoms with Crippen LogP contribution in [0.3, 0.4) is 0 Å². The summed E-state index contributed by atoms with van der Waals surface area (Å²) < 4.78 is 0. The molecule has 0 aliphatic rings. The van der Waals surface area contributed by atoms with Crippen LogP contribution in [0.1, 0.15) is 29.5 Å². The lowest BCUT2D eigenvalue weighted by Crippen LogP contribution is -2.30. The number of thiophene rings is 2. The molecule has 0 spiro atoms. The molecule has 2 heterocycles. The van der Waals surface area contributed by atoms with E-state index in [9.17, 15) is 0 Å². The predicted octanol–water partition coefficient (Wildman–Crippen LogP) is 4.35. The van der Waals surface area contributed by atoms with Gasteiger partial charge in [-0.2, -0.15) is 0 Å². The van der Waals surface area contributed by atoms with Crippen LogP contribution < -0.4 is 5.32 Å². The van der Waals surface area contributed by atoms with Crippen LogP contribution in [-0.2, 0) is 12.8 Å². The van der Waals surface area contributed by atoms with E-state index in [2.05, 4.69) is 47.3 Å². The van der Waals surface area contributed by atoms with Gasteiger partial charge in [-0.05, 0) is 55.1 Å². The molecule has 0 aliphatic carbocycles. The van der Waals surface area contributed by atoms with Crippen LogP contribution in [0.4, 0.5) is 0 Å². The van der Waals surface area contributed by atoms with Gasteiger partial charge >= 0.3 is 0 Å². The average molecular weight is 279 g/mol. The highest BCUT2D eigenvalue weighted by Crippen LogP contribution is 2.16. The maximum Gasteiger partial charge on any atom is 0.0115 e. The minimum Gasteiger partial charge on any atom is -0.314 e. The molecule has 1 atom stereocenters. The van der Waals surface area contributed by atoms with Gasteiger partial charge in [0.25, 0.3) is 0 Å². The van der Waals surface area contributed by atoms with Gasteiger partial charge in [0.05, 0.1) is 0 Å². The van der Waals surface area contributed by atoms with Crippen molar-refractivity contribution >= 4 is 22.7 Å². The summed E-state index contributed by atoms with van der Waals surface area (Å²) in [7, 11) is 0. The molecule has 0 aliphatic heterocycles. The van der Waals surface area contributed by atoms with E-state index in [4.69, 9.17) is 0 Å². The average Bonchev–Trinajstić information content (AvgIpc) is 3.02. The molecule has 1 unspecified atom stereocenters. The molecule has 98 valence electrons. The minimum atomic E-state index is 0.633. The van der Waals surface area contributed by atoms with Crippen molar-refractivity contribution in [2.24, 2.45) is 0 Å². The molecule has 0 bridgehead atoms. The summed E-state index contributed by atoms with van der Waals surface area (Å²) in [5, 5.41) is 7.95. The van der Waals surface area contributed by atoms with Gasteiger partial charge in [0, 0.05) is 15.8 Å². The lowest BCUT2D eigenvalue weighted by atomic mass is 10.0. The molecule has 0 amide bonds. The summed E-state index contributed by atoms with van der Waals surface area (Å²) in [4.78, 5) is 3.01. The van der Waals surface area contributed by atoms with E-state index in [0.29, 0.717) is 6.04 Å².